The van der Waals surface area contributed by atoms with Crippen LogP contribution in [0.3, 0.4) is 0 Å². The summed E-state index contributed by atoms with van der Waals surface area (Å²) in [6, 6.07) is 0.110. The van der Waals surface area contributed by atoms with Crippen LogP contribution in [0.25, 0.3) is 0 Å². The van der Waals surface area contributed by atoms with E-state index in [4.69, 9.17) is 4.74 Å². The number of nitro groups is 1. The summed E-state index contributed by atoms with van der Waals surface area (Å²) in [5.41, 5.74) is -0.217. The molecule has 1 aliphatic heterocycles. The Morgan fingerprint density at radius 1 is 1.42 bits per heavy atom. The summed E-state index contributed by atoms with van der Waals surface area (Å²) < 4.78 is 6.33. The molecule has 24 heavy (non-hydrogen) atoms. The van der Waals surface area contributed by atoms with E-state index >= 15 is 0 Å². The molecular formula is C15H27N5O4. The van der Waals surface area contributed by atoms with Crippen LogP contribution in [0.15, 0.2) is 6.20 Å². The minimum Gasteiger partial charge on any atom is -0.450 e. The van der Waals surface area contributed by atoms with Gasteiger partial charge in [0.15, 0.2) is 0 Å². The molecule has 9 nitrogen and oxygen atoms in total. The molecule has 1 aliphatic rings. The number of aromatic nitrogens is 2. The van der Waals surface area contributed by atoms with E-state index in [9.17, 15) is 14.9 Å². The number of carbonyl (C=O) groups excluding carboxylic acids is 1. The molecule has 1 amide bonds. The Bertz CT molecular complexity index is 538. The second kappa shape index (κ2) is 9.86. The molecule has 0 atom stereocenters. The Labute approximate surface area is 142 Å². The van der Waals surface area contributed by atoms with Gasteiger partial charge in [0.1, 0.15) is 6.20 Å². The molecule has 1 aromatic heterocycles. The quantitative estimate of drug-likeness (QED) is 0.652. The highest BCUT2D eigenvalue weighted by atomic mass is 16.6. The highest BCUT2D eigenvalue weighted by molar-refractivity contribution is 5.85. The van der Waals surface area contributed by atoms with Crippen LogP contribution in [-0.2, 0) is 4.74 Å². The van der Waals surface area contributed by atoms with Crippen LogP contribution in [0.5, 0.6) is 0 Å². The molecule has 2 heterocycles. The molecule has 1 saturated heterocycles. The predicted molar refractivity (Wildman–Crippen MR) is 91.3 cm³/mol. The van der Waals surface area contributed by atoms with Gasteiger partial charge < -0.3 is 9.64 Å². The fraction of sp³-hybridized carbons (Fsp3) is 0.733. The van der Waals surface area contributed by atoms with E-state index in [1.807, 2.05) is 13.8 Å². The molecule has 0 aliphatic carbocycles. The maximum atomic E-state index is 11.4. The first-order valence-electron chi connectivity index (χ1n) is 8.44. The number of likely N-dealkylation sites (tertiary alicyclic amines) is 1. The van der Waals surface area contributed by atoms with Crippen LogP contribution in [0.2, 0.25) is 0 Å². The molecule has 0 unspecified atom stereocenters. The minimum absolute atomic E-state index is 0.0682. The van der Waals surface area contributed by atoms with Crippen molar-refractivity contribution in [1.82, 2.24) is 14.7 Å². The van der Waals surface area contributed by atoms with Crippen molar-refractivity contribution in [3.8, 4) is 0 Å². The third-order valence-electron chi connectivity index (χ3n) is 3.78. The van der Waals surface area contributed by atoms with Gasteiger partial charge in [0.25, 0.3) is 0 Å². The lowest BCUT2D eigenvalue weighted by atomic mass is 10.1. The van der Waals surface area contributed by atoms with Crippen molar-refractivity contribution in [2.45, 2.75) is 46.6 Å². The van der Waals surface area contributed by atoms with Crippen LogP contribution in [0.1, 0.15) is 46.6 Å². The van der Waals surface area contributed by atoms with Crippen molar-refractivity contribution in [3.05, 3.63) is 16.3 Å². The predicted octanol–water partition coefficient (Wildman–Crippen LogP) is 3.04. The first-order chi connectivity index (χ1) is 11.5. The number of nitrogens with zero attached hydrogens (tertiary/aromatic N) is 4. The van der Waals surface area contributed by atoms with Gasteiger partial charge >= 0.3 is 11.8 Å². The summed E-state index contributed by atoms with van der Waals surface area (Å²) >= 11 is 0. The van der Waals surface area contributed by atoms with E-state index in [1.54, 1.807) is 11.6 Å². The highest BCUT2D eigenvalue weighted by Crippen LogP contribution is 2.28. The Balaban J connectivity index is 0.00000139. The average molecular weight is 341 g/mol. The van der Waals surface area contributed by atoms with E-state index < -0.39 is 11.0 Å². The number of carbonyl (C=O) groups is 1. The summed E-state index contributed by atoms with van der Waals surface area (Å²) in [4.78, 5) is 24.3. The third-order valence-corrected chi connectivity index (χ3v) is 3.78. The minimum atomic E-state index is -0.739. The molecule has 1 N–H and O–H groups in total. The summed E-state index contributed by atoms with van der Waals surface area (Å²) in [5, 5.41) is 17.6. The SMILES string of the molecule is CC.CCOC(=O)Nc1nn(C2CCN(CC)CC2)cc1[N+](=O)[O-]. The summed E-state index contributed by atoms with van der Waals surface area (Å²) in [5.74, 6) is -0.0682. The van der Waals surface area contributed by atoms with Crippen LogP contribution in [-0.4, -0.2) is 51.9 Å². The van der Waals surface area contributed by atoms with Crippen LogP contribution < -0.4 is 5.32 Å². The Morgan fingerprint density at radius 2 is 2.04 bits per heavy atom. The zero-order valence-corrected chi connectivity index (χ0v) is 14.8. The molecule has 0 radical (unpaired) electrons. The average Bonchev–Trinajstić information content (AvgIpc) is 3.01. The van der Waals surface area contributed by atoms with Gasteiger partial charge in [-0.1, -0.05) is 20.8 Å². The maximum Gasteiger partial charge on any atom is 0.413 e. The van der Waals surface area contributed by atoms with Gasteiger partial charge in [0, 0.05) is 13.1 Å². The number of amides is 1. The lowest BCUT2D eigenvalue weighted by Crippen LogP contribution is -2.34. The highest BCUT2D eigenvalue weighted by Gasteiger charge is 2.26. The number of piperidine rings is 1. The summed E-state index contributed by atoms with van der Waals surface area (Å²) in [7, 11) is 0. The standard InChI is InChI=1S/C13H21N5O4.C2H6/c1-3-16-7-5-10(6-8-16)17-9-11(18(20)21)12(15-17)14-13(19)22-4-2;1-2/h9-10H,3-8H2,1-2H3,(H,14,15,19);1-2H3. The lowest BCUT2D eigenvalue weighted by molar-refractivity contribution is -0.384. The monoisotopic (exact) mass is 341 g/mol. The molecular weight excluding hydrogens is 314 g/mol. The zero-order valence-electron chi connectivity index (χ0n) is 14.8. The van der Waals surface area contributed by atoms with Gasteiger partial charge in [-0.2, -0.15) is 0 Å². The first kappa shape index (κ1) is 19.9. The van der Waals surface area contributed by atoms with Crippen molar-refractivity contribution < 1.29 is 14.5 Å². The first-order valence-corrected chi connectivity index (χ1v) is 8.44. The molecule has 0 aromatic carbocycles. The second-order valence-corrected chi connectivity index (χ2v) is 5.11. The van der Waals surface area contributed by atoms with Crippen LogP contribution in [0.4, 0.5) is 16.3 Å². The largest absolute Gasteiger partial charge is 0.450 e. The number of nitrogens with one attached hydrogen (secondary N) is 1. The fourth-order valence-corrected chi connectivity index (χ4v) is 2.56. The molecule has 2 rings (SSSR count). The molecule has 0 bridgehead atoms. The van der Waals surface area contributed by atoms with Crippen LogP contribution in [0, 0.1) is 10.1 Å². The van der Waals surface area contributed by atoms with Crippen molar-refractivity contribution in [2.24, 2.45) is 0 Å². The number of hydrogen-bond donors (Lipinski definition) is 1. The number of hydrogen-bond acceptors (Lipinski definition) is 6. The number of anilines is 1. The number of rotatable bonds is 5. The Kier molecular flexibility index (Phi) is 8.17. The molecule has 0 saturated carbocycles. The second-order valence-electron chi connectivity index (χ2n) is 5.11. The molecule has 1 fully saturated rings. The van der Waals surface area contributed by atoms with Crippen molar-refractivity contribution >= 4 is 17.6 Å². The topological polar surface area (TPSA) is 103 Å². The molecule has 136 valence electrons. The van der Waals surface area contributed by atoms with E-state index in [0.717, 1.165) is 32.5 Å². The van der Waals surface area contributed by atoms with E-state index in [1.165, 1.54) is 6.20 Å². The van der Waals surface area contributed by atoms with Gasteiger partial charge in [0.05, 0.1) is 17.6 Å². The molecule has 0 spiro atoms. The van der Waals surface area contributed by atoms with Gasteiger partial charge in [-0.25, -0.2) is 4.79 Å². The molecule has 9 heteroatoms. The van der Waals surface area contributed by atoms with Crippen molar-refractivity contribution in [1.29, 1.82) is 0 Å². The summed E-state index contributed by atoms with van der Waals surface area (Å²) in [6.07, 6.45) is 2.40. The van der Waals surface area contributed by atoms with Gasteiger partial charge in [0.2, 0.25) is 5.82 Å². The zero-order chi connectivity index (χ0) is 18.1. The molecule has 1 aromatic rings. The van der Waals surface area contributed by atoms with Crippen molar-refractivity contribution in [3.63, 3.8) is 0 Å². The normalized spacial score (nSPS) is 15.3. The Hall–Kier alpha value is -2.16. The van der Waals surface area contributed by atoms with E-state index in [2.05, 4.69) is 22.2 Å². The van der Waals surface area contributed by atoms with Crippen LogP contribution >= 0.6 is 0 Å². The van der Waals surface area contributed by atoms with Gasteiger partial charge in [-0.05, 0) is 26.3 Å². The maximum absolute atomic E-state index is 11.4. The summed E-state index contributed by atoms with van der Waals surface area (Å²) in [6.45, 7) is 10.8. The van der Waals surface area contributed by atoms with Gasteiger partial charge in [-0.15, -0.1) is 5.10 Å². The van der Waals surface area contributed by atoms with E-state index in [-0.39, 0.29) is 24.2 Å². The smallest absolute Gasteiger partial charge is 0.413 e. The third kappa shape index (κ3) is 5.19. The van der Waals surface area contributed by atoms with Gasteiger partial charge in [-0.3, -0.25) is 20.1 Å². The van der Waals surface area contributed by atoms with E-state index in [0.29, 0.717) is 0 Å². The lowest BCUT2D eigenvalue weighted by Gasteiger charge is -2.30. The number of ether oxygens (including phenoxy) is 1. The fourth-order valence-electron chi connectivity index (χ4n) is 2.56. The Morgan fingerprint density at radius 3 is 2.54 bits per heavy atom. The van der Waals surface area contributed by atoms with Crippen molar-refractivity contribution in [2.75, 3.05) is 31.6 Å².